The van der Waals surface area contributed by atoms with Gasteiger partial charge in [0.2, 0.25) is 0 Å². The molecule has 0 saturated carbocycles. The smallest absolute Gasteiger partial charge is 0.0494 e. The monoisotopic (exact) mass is 492 g/mol. The third-order valence-electron chi connectivity index (χ3n) is 7.30. The Bertz CT molecular complexity index is 1150. The van der Waals surface area contributed by atoms with Crippen LogP contribution in [0.5, 0.6) is 0 Å². The molecule has 2 atom stereocenters. The molecule has 0 saturated heterocycles. The fourth-order valence-corrected chi connectivity index (χ4v) is 7.19. The average molecular weight is 493 g/mol. The van der Waals surface area contributed by atoms with Gasteiger partial charge in [-0.1, -0.05) is 38.8 Å². The highest BCUT2D eigenvalue weighted by Gasteiger charge is 2.16. The molecule has 182 valence electrons. The predicted octanol–water partition coefficient (Wildman–Crippen LogP) is 9.55. The van der Waals surface area contributed by atoms with E-state index in [2.05, 4.69) is 98.1 Å². The summed E-state index contributed by atoms with van der Waals surface area (Å²) >= 11 is 3.80. The van der Waals surface area contributed by atoms with Gasteiger partial charge in [-0.2, -0.15) is 0 Å². The van der Waals surface area contributed by atoms with Crippen LogP contribution in [0.2, 0.25) is 0 Å². The highest BCUT2D eigenvalue weighted by atomic mass is 32.2. The van der Waals surface area contributed by atoms with Crippen molar-refractivity contribution in [1.29, 1.82) is 0 Å². The van der Waals surface area contributed by atoms with Crippen molar-refractivity contribution in [3.63, 3.8) is 0 Å². The molecule has 0 spiro atoms. The lowest BCUT2D eigenvalue weighted by molar-refractivity contribution is 0.515. The van der Waals surface area contributed by atoms with Crippen LogP contribution in [0.4, 0.5) is 0 Å². The van der Waals surface area contributed by atoms with Crippen LogP contribution in [-0.4, -0.2) is 21.6 Å². The summed E-state index contributed by atoms with van der Waals surface area (Å²) in [5.74, 6) is 0. The van der Waals surface area contributed by atoms with Gasteiger partial charge in [0, 0.05) is 56.1 Å². The first-order valence-corrected chi connectivity index (χ1v) is 15.3. The molecule has 2 aromatic carbocycles. The summed E-state index contributed by atoms with van der Waals surface area (Å²) in [5, 5.41) is 2.82. The van der Waals surface area contributed by atoms with Gasteiger partial charge in [0.1, 0.15) is 0 Å². The first kappa shape index (κ1) is 25.3. The molecule has 0 radical (unpaired) electrons. The Morgan fingerprint density at radius 2 is 1.06 bits per heavy atom. The van der Waals surface area contributed by atoms with Gasteiger partial charge in [0.05, 0.1) is 0 Å². The molecule has 2 aromatic heterocycles. The van der Waals surface area contributed by atoms with Crippen molar-refractivity contribution in [2.24, 2.45) is 0 Å². The third-order valence-corrected chi connectivity index (χ3v) is 9.08. The number of nitrogens with zero attached hydrogens (tertiary/aromatic N) is 2. The molecular weight excluding hydrogens is 452 g/mol. The van der Waals surface area contributed by atoms with Crippen LogP contribution in [0, 0.1) is 0 Å². The van der Waals surface area contributed by atoms with E-state index in [0.717, 1.165) is 12.8 Å². The molecule has 2 unspecified atom stereocenters. The van der Waals surface area contributed by atoms with Crippen LogP contribution in [-0.2, 0) is 12.8 Å². The van der Waals surface area contributed by atoms with Crippen LogP contribution >= 0.6 is 23.5 Å². The van der Waals surface area contributed by atoms with Crippen LogP contribution in [0.3, 0.4) is 0 Å². The second-order valence-corrected chi connectivity index (χ2v) is 11.2. The molecule has 4 heteroatoms. The van der Waals surface area contributed by atoms with Gasteiger partial charge >= 0.3 is 0 Å². The van der Waals surface area contributed by atoms with Crippen LogP contribution in [0.15, 0.2) is 58.6 Å². The zero-order valence-corrected chi connectivity index (χ0v) is 23.4. The van der Waals surface area contributed by atoms with Crippen molar-refractivity contribution in [3.05, 3.63) is 59.9 Å². The van der Waals surface area contributed by atoms with Crippen molar-refractivity contribution in [1.82, 2.24) is 9.13 Å². The highest BCUT2D eigenvalue weighted by molar-refractivity contribution is 7.99. The first-order valence-electron chi connectivity index (χ1n) is 12.9. The second-order valence-electron chi connectivity index (χ2n) is 9.60. The molecule has 4 rings (SSSR count). The minimum atomic E-state index is 0.547. The first-order chi connectivity index (χ1) is 16.5. The maximum Gasteiger partial charge on any atom is 0.0494 e. The van der Waals surface area contributed by atoms with Gasteiger partial charge in [0.15, 0.2) is 0 Å². The van der Waals surface area contributed by atoms with E-state index in [9.17, 15) is 0 Å². The maximum absolute atomic E-state index is 2.46. The Morgan fingerprint density at radius 3 is 1.41 bits per heavy atom. The zero-order chi connectivity index (χ0) is 24.2. The molecule has 0 bridgehead atoms. The Hall–Kier alpha value is -1.78. The number of rotatable bonds is 11. The average Bonchev–Trinajstić information content (AvgIpc) is 3.47. The fourth-order valence-electron chi connectivity index (χ4n) is 5.54. The van der Waals surface area contributed by atoms with E-state index >= 15 is 0 Å². The second kappa shape index (κ2) is 11.3. The third kappa shape index (κ3) is 4.81. The Kier molecular flexibility index (Phi) is 8.42. The molecule has 0 fully saturated rings. The molecule has 2 nitrogen and oxygen atoms in total. The summed E-state index contributed by atoms with van der Waals surface area (Å²) in [6, 6.07) is 15.2. The van der Waals surface area contributed by atoms with Gasteiger partial charge in [-0.3, -0.25) is 0 Å². The molecule has 4 aromatic rings. The Balaban J connectivity index is 1.63. The molecule has 0 aliphatic rings. The molecular formula is C30H40N2S2. The van der Waals surface area contributed by atoms with Crippen molar-refractivity contribution >= 4 is 45.3 Å². The van der Waals surface area contributed by atoms with Crippen LogP contribution in [0.25, 0.3) is 21.8 Å². The van der Waals surface area contributed by atoms with Gasteiger partial charge < -0.3 is 9.13 Å². The van der Waals surface area contributed by atoms with E-state index in [4.69, 9.17) is 0 Å². The topological polar surface area (TPSA) is 9.86 Å². The summed E-state index contributed by atoms with van der Waals surface area (Å²) in [4.78, 5) is 2.90. The number of thioether (sulfide) groups is 2. The van der Waals surface area contributed by atoms with Crippen molar-refractivity contribution in [2.75, 3.05) is 12.5 Å². The summed E-state index contributed by atoms with van der Waals surface area (Å²) in [6.07, 6.45) is 16.1. The van der Waals surface area contributed by atoms with Crippen molar-refractivity contribution in [2.45, 2.75) is 88.1 Å². The molecule has 0 N–H and O–H groups in total. The van der Waals surface area contributed by atoms with E-state index in [0.29, 0.717) is 12.1 Å². The molecule has 34 heavy (non-hydrogen) atoms. The Labute approximate surface area is 214 Å². The SMILES string of the molecule is CCCC(C)n1ccc2c(SC)c(CCc3ccc4c(ccn4C(C)CCC)c3SC)ccc21. The lowest BCUT2D eigenvalue weighted by atomic mass is 10.0. The number of aryl methyl sites for hydroxylation is 2. The number of fused-ring (bicyclic) bond motifs is 2. The fraction of sp³-hybridized carbons (Fsp3) is 0.467. The maximum atomic E-state index is 2.46. The largest absolute Gasteiger partial charge is 0.345 e. The van der Waals surface area contributed by atoms with Crippen molar-refractivity contribution < 1.29 is 0 Å². The van der Waals surface area contributed by atoms with E-state index in [1.165, 1.54) is 68.4 Å². The van der Waals surface area contributed by atoms with E-state index < -0.39 is 0 Å². The molecule has 0 aliphatic carbocycles. The predicted molar refractivity (Wildman–Crippen MR) is 154 cm³/mol. The lowest BCUT2D eigenvalue weighted by Gasteiger charge is -2.17. The van der Waals surface area contributed by atoms with Crippen molar-refractivity contribution in [3.8, 4) is 0 Å². The van der Waals surface area contributed by atoms with Gasteiger partial charge in [-0.15, -0.1) is 23.5 Å². The number of aromatic nitrogens is 2. The summed E-state index contributed by atoms with van der Waals surface area (Å²) in [5.41, 5.74) is 5.70. The zero-order valence-electron chi connectivity index (χ0n) is 21.7. The number of benzene rings is 2. The summed E-state index contributed by atoms with van der Waals surface area (Å²) in [6.45, 7) is 9.22. The van der Waals surface area contributed by atoms with Gasteiger partial charge in [-0.05, 0) is 87.4 Å². The van der Waals surface area contributed by atoms with Crippen LogP contribution < -0.4 is 0 Å². The van der Waals surface area contributed by atoms with E-state index in [1.54, 1.807) is 0 Å². The van der Waals surface area contributed by atoms with E-state index in [-0.39, 0.29) is 0 Å². The van der Waals surface area contributed by atoms with Gasteiger partial charge in [-0.25, -0.2) is 0 Å². The quantitative estimate of drug-likeness (QED) is 0.193. The minimum absolute atomic E-state index is 0.547. The van der Waals surface area contributed by atoms with Crippen LogP contribution in [0.1, 0.15) is 76.6 Å². The number of hydrogen-bond acceptors (Lipinski definition) is 2. The lowest BCUT2D eigenvalue weighted by Crippen LogP contribution is -2.04. The highest BCUT2D eigenvalue weighted by Crippen LogP contribution is 2.36. The number of hydrogen-bond donors (Lipinski definition) is 0. The molecule has 0 amide bonds. The normalized spacial score (nSPS) is 13.7. The Morgan fingerprint density at radius 1 is 0.647 bits per heavy atom. The summed E-state index contributed by atoms with van der Waals surface area (Å²) < 4.78 is 4.93. The molecule has 2 heterocycles. The van der Waals surface area contributed by atoms with E-state index in [1.807, 2.05) is 23.5 Å². The minimum Gasteiger partial charge on any atom is -0.345 e. The standard InChI is InChI=1S/C30H40N2S2/c1-7-9-21(3)31-19-17-25-27(31)15-13-23(29(25)33-5)11-12-24-14-16-28-26(30(24)34-6)18-20-32(28)22(4)10-8-2/h13-22H,7-12H2,1-6H3. The molecule has 0 aliphatic heterocycles. The van der Waals surface area contributed by atoms with Gasteiger partial charge in [0.25, 0.3) is 0 Å². The summed E-state index contributed by atoms with van der Waals surface area (Å²) in [7, 11) is 0.